The minimum Gasteiger partial charge on any atom is -0.444 e. The number of carbonyl (C=O) groups excluding carboxylic acids is 1. The van der Waals surface area contributed by atoms with Crippen LogP contribution in [-0.4, -0.2) is 76.1 Å². The van der Waals surface area contributed by atoms with E-state index in [1.807, 2.05) is 32.6 Å². The molecule has 1 aromatic carbocycles. The van der Waals surface area contributed by atoms with E-state index < -0.39 is 18.1 Å². The zero-order valence-corrected chi connectivity index (χ0v) is 22.7. The lowest BCUT2D eigenvalue weighted by Crippen LogP contribution is -2.47. The number of carbonyl (C=O) groups is 1. The number of nitrogens with one attached hydrogen (secondary N) is 1. The largest absolute Gasteiger partial charge is 0.444 e. The van der Waals surface area contributed by atoms with Crippen LogP contribution in [0.1, 0.15) is 52.8 Å². The van der Waals surface area contributed by atoms with E-state index in [-0.39, 0.29) is 17.9 Å². The molecule has 2 saturated heterocycles. The van der Waals surface area contributed by atoms with Gasteiger partial charge in [-0.1, -0.05) is 12.1 Å². The van der Waals surface area contributed by atoms with E-state index in [4.69, 9.17) is 19.4 Å². The number of halogens is 2. The van der Waals surface area contributed by atoms with Crippen LogP contribution in [0.2, 0.25) is 0 Å². The van der Waals surface area contributed by atoms with Gasteiger partial charge in [0.2, 0.25) is 5.95 Å². The second-order valence-electron chi connectivity index (χ2n) is 11.0. The summed E-state index contributed by atoms with van der Waals surface area (Å²) in [5.74, 6) is 1.08. The molecule has 1 atom stereocenters. The first-order chi connectivity index (χ1) is 18.6. The number of benzene rings is 1. The molecule has 39 heavy (non-hydrogen) atoms. The SMILES string of the molecule is C[C@H]1COCCN1c1cc(-n2c(C(F)F)nc3ccccc32)nc(N2CCC(NC(=O)OC(C)(C)C)CC2)n1. The topological polar surface area (TPSA) is 97.6 Å². The third-order valence-electron chi connectivity index (χ3n) is 6.86. The van der Waals surface area contributed by atoms with Crippen molar-refractivity contribution >= 4 is 28.9 Å². The van der Waals surface area contributed by atoms with Crippen LogP contribution in [0.25, 0.3) is 16.9 Å². The van der Waals surface area contributed by atoms with Gasteiger partial charge in [-0.15, -0.1) is 0 Å². The standard InChI is InChI=1S/C27H35F2N7O3/c1-17-16-38-14-13-35(17)21-15-22(36-20-8-6-5-7-19(20)31-24(36)23(28)29)33-25(32-21)34-11-9-18(10-12-34)30-26(37)39-27(2,3)4/h5-8,15,17-18,23H,9-14,16H2,1-4H3,(H,30,37)/t17-/m0/s1. The molecule has 0 unspecified atom stereocenters. The number of morpholine rings is 1. The molecule has 1 N–H and O–H groups in total. The maximum Gasteiger partial charge on any atom is 0.407 e. The molecule has 5 rings (SSSR count). The van der Waals surface area contributed by atoms with Crippen molar-refractivity contribution in [1.29, 1.82) is 0 Å². The van der Waals surface area contributed by atoms with Crippen molar-refractivity contribution in [2.75, 3.05) is 42.6 Å². The highest BCUT2D eigenvalue weighted by Crippen LogP contribution is 2.31. The lowest BCUT2D eigenvalue weighted by Gasteiger charge is -2.36. The molecule has 3 aromatic rings. The molecule has 0 spiro atoms. The first-order valence-electron chi connectivity index (χ1n) is 13.3. The second-order valence-corrected chi connectivity index (χ2v) is 11.0. The van der Waals surface area contributed by atoms with Crippen molar-refractivity contribution in [3.05, 3.63) is 36.2 Å². The Balaban J connectivity index is 1.47. The molecule has 2 aromatic heterocycles. The van der Waals surface area contributed by atoms with Crippen LogP contribution in [0.4, 0.5) is 25.3 Å². The molecular weight excluding hydrogens is 508 g/mol. The monoisotopic (exact) mass is 543 g/mol. The van der Waals surface area contributed by atoms with E-state index in [9.17, 15) is 13.6 Å². The highest BCUT2D eigenvalue weighted by atomic mass is 19.3. The number of rotatable bonds is 5. The Morgan fingerprint density at radius 3 is 2.51 bits per heavy atom. The van der Waals surface area contributed by atoms with Gasteiger partial charge < -0.3 is 24.6 Å². The first kappa shape index (κ1) is 27.0. The Kier molecular flexibility index (Phi) is 7.57. The number of amides is 1. The van der Waals surface area contributed by atoms with Crippen LogP contribution in [0.5, 0.6) is 0 Å². The quantitative estimate of drug-likeness (QED) is 0.504. The van der Waals surface area contributed by atoms with E-state index in [1.165, 1.54) is 4.57 Å². The van der Waals surface area contributed by atoms with Gasteiger partial charge in [-0.05, 0) is 52.7 Å². The van der Waals surface area contributed by atoms with Gasteiger partial charge in [0, 0.05) is 31.7 Å². The minimum absolute atomic E-state index is 0.0407. The zero-order chi connectivity index (χ0) is 27.7. The Morgan fingerprint density at radius 1 is 1.10 bits per heavy atom. The smallest absolute Gasteiger partial charge is 0.407 e. The number of fused-ring (bicyclic) bond motifs is 1. The minimum atomic E-state index is -2.78. The van der Waals surface area contributed by atoms with Gasteiger partial charge in [0.1, 0.15) is 17.2 Å². The summed E-state index contributed by atoms with van der Waals surface area (Å²) in [5.41, 5.74) is 0.461. The molecule has 1 amide bonds. The average Bonchev–Trinajstić information content (AvgIpc) is 3.28. The predicted molar refractivity (Wildman–Crippen MR) is 144 cm³/mol. The summed E-state index contributed by atoms with van der Waals surface area (Å²) in [4.78, 5) is 30.3. The summed E-state index contributed by atoms with van der Waals surface area (Å²) in [7, 11) is 0. The summed E-state index contributed by atoms with van der Waals surface area (Å²) in [6, 6.07) is 8.83. The number of imidazole rings is 1. The normalized spacial score (nSPS) is 19.1. The number of nitrogens with zero attached hydrogens (tertiary/aromatic N) is 6. The summed E-state index contributed by atoms with van der Waals surface area (Å²) in [6.07, 6.45) is -1.87. The van der Waals surface area contributed by atoms with Crippen LogP contribution >= 0.6 is 0 Å². The van der Waals surface area contributed by atoms with E-state index in [0.29, 0.717) is 74.3 Å². The number of ether oxygens (including phenoxy) is 2. The number of alkyl carbamates (subject to hydrolysis) is 1. The molecule has 2 aliphatic heterocycles. The van der Waals surface area contributed by atoms with Crippen molar-refractivity contribution in [1.82, 2.24) is 24.8 Å². The lowest BCUT2D eigenvalue weighted by molar-refractivity contribution is 0.0497. The maximum atomic E-state index is 14.2. The molecular formula is C27H35F2N7O3. The van der Waals surface area contributed by atoms with Crippen molar-refractivity contribution in [2.24, 2.45) is 0 Å². The maximum absolute atomic E-state index is 14.2. The van der Waals surface area contributed by atoms with Gasteiger partial charge in [0.25, 0.3) is 6.43 Å². The van der Waals surface area contributed by atoms with Crippen molar-refractivity contribution < 1.29 is 23.0 Å². The summed E-state index contributed by atoms with van der Waals surface area (Å²) < 4.78 is 40.8. The average molecular weight is 544 g/mol. The number of alkyl halides is 2. The van der Waals surface area contributed by atoms with E-state index in [1.54, 1.807) is 30.3 Å². The summed E-state index contributed by atoms with van der Waals surface area (Å²) in [5, 5.41) is 2.94. The van der Waals surface area contributed by atoms with E-state index >= 15 is 0 Å². The summed E-state index contributed by atoms with van der Waals surface area (Å²) in [6.45, 7) is 10.4. The molecule has 12 heteroatoms. The third kappa shape index (κ3) is 6.05. The first-order valence-corrected chi connectivity index (χ1v) is 13.3. The molecule has 10 nitrogen and oxygen atoms in total. The van der Waals surface area contributed by atoms with Gasteiger partial charge in [-0.25, -0.2) is 18.6 Å². The summed E-state index contributed by atoms with van der Waals surface area (Å²) >= 11 is 0. The number of aromatic nitrogens is 4. The fourth-order valence-corrected chi connectivity index (χ4v) is 5.01. The van der Waals surface area contributed by atoms with Crippen LogP contribution in [0.3, 0.4) is 0 Å². The lowest BCUT2D eigenvalue weighted by atomic mass is 10.1. The zero-order valence-electron chi connectivity index (χ0n) is 22.7. The number of hydrogen-bond acceptors (Lipinski definition) is 8. The van der Waals surface area contributed by atoms with Crippen molar-refractivity contribution in [3.63, 3.8) is 0 Å². The van der Waals surface area contributed by atoms with Gasteiger partial charge in [-0.3, -0.25) is 4.57 Å². The Bertz CT molecular complexity index is 1320. The fraction of sp³-hybridized carbons (Fsp3) is 0.556. The predicted octanol–water partition coefficient (Wildman–Crippen LogP) is 4.47. The van der Waals surface area contributed by atoms with Crippen molar-refractivity contribution in [3.8, 4) is 5.82 Å². The van der Waals surface area contributed by atoms with Crippen molar-refractivity contribution in [2.45, 2.75) is 64.6 Å². The Morgan fingerprint density at radius 2 is 1.82 bits per heavy atom. The molecule has 0 aliphatic carbocycles. The molecule has 2 aliphatic rings. The van der Waals surface area contributed by atoms with Crippen LogP contribution in [0.15, 0.2) is 30.3 Å². The van der Waals surface area contributed by atoms with Crippen LogP contribution in [0, 0.1) is 0 Å². The Labute approximate surface area is 226 Å². The fourth-order valence-electron chi connectivity index (χ4n) is 5.01. The van der Waals surface area contributed by atoms with Gasteiger partial charge in [-0.2, -0.15) is 9.97 Å². The highest BCUT2D eigenvalue weighted by Gasteiger charge is 2.29. The second kappa shape index (κ2) is 10.9. The molecule has 0 radical (unpaired) electrons. The highest BCUT2D eigenvalue weighted by molar-refractivity contribution is 5.78. The van der Waals surface area contributed by atoms with E-state index in [0.717, 1.165) is 0 Å². The number of para-hydroxylation sites is 2. The van der Waals surface area contributed by atoms with Gasteiger partial charge in [0.05, 0.1) is 30.3 Å². The number of hydrogen-bond donors (Lipinski definition) is 1. The molecule has 210 valence electrons. The Hall–Kier alpha value is -3.54. The van der Waals surface area contributed by atoms with Gasteiger partial charge in [0.15, 0.2) is 5.82 Å². The number of piperidine rings is 1. The van der Waals surface area contributed by atoms with Crippen LogP contribution < -0.4 is 15.1 Å². The molecule has 0 saturated carbocycles. The molecule has 4 heterocycles. The number of anilines is 2. The third-order valence-corrected chi connectivity index (χ3v) is 6.86. The van der Waals surface area contributed by atoms with Gasteiger partial charge >= 0.3 is 6.09 Å². The van der Waals surface area contributed by atoms with E-state index in [2.05, 4.69) is 15.2 Å². The molecule has 2 fully saturated rings. The molecule has 0 bridgehead atoms. The van der Waals surface area contributed by atoms with Crippen LogP contribution in [-0.2, 0) is 9.47 Å².